The number of rotatable bonds is 8. The summed E-state index contributed by atoms with van der Waals surface area (Å²) in [5.74, 6) is 2.07. The largest absolute Gasteiger partial charge is 0.355 e. The molecule has 0 heterocycles. The van der Waals surface area contributed by atoms with Crippen LogP contribution in [0.3, 0.4) is 0 Å². The first-order valence-corrected chi connectivity index (χ1v) is 14.0. The van der Waals surface area contributed by atoms with Crippen LogP contribution >= 0.6 is 0 Å². The minimum atomic E-state index is -3.68. The van der Waals surface area contributed by atoms with Crippen molar-refractivity contribution in [2.24, 2.45) is 23.2 Å². The lowest BCUT2D eigenvalue weighted by atomic mass is 9.49. The minimum Gasteiger partial charge on any atom is -0.355 e. The second kappa shape index (κ2) is 9.30. The molecule has 0 saturated heterocycles. The predicted octanol–water partition coefficient (Wildman–Crippen LogP) is 4.46. The second-order valence-corrected chi connectivity index (χ2v) is 12.4. The van der Waals surface area contributed by atoms with Crippen LogP contribution in [0.1, 0.15) is 50.5 Å². The van der Waals surface area contributed by atoms with Gasteiger partial charge in [0, 0.05) is 29.8 Å². The van der Waals surface area contributed by atoms with Gasteiger partial charge in [0.2, 0.25) is 11.8 Å². The Labute approximate surface area is 207 Å². The first-order chi connectivity index (χ1) is 16.7. The normalized spacial score (nSPS) is 26.8. The van der Waals surface area contributed by atoms with Gasteiger partial charge in [0.15, 0.2) is 0 Å². The lowest BCUT2D eigenvalue weighted by Gasteiger charge is -2.55. The number of carbonyl (C=O) groups is 2. The summed E-state index contributed by atoms with van der Waals surface area (Å²) in [6, 6.07) is 13.1. The summed E-state index contributed by atoms with van der Waals surface area (Å²) in [6.07, 6.45) is 7.11. The molecule has 2 aromatic rings. The maximum absolute atomic E-state index is 13.0. The molecule has 7 nitrogen and oxygen atoms in total. The van der Waals surface area contributed by atoms with Crippen LogP contribution in [0.25, 0.3) is 0 Å². The molecule has 0 aromatic heterocycles. The quantitative estimate of drug-likeness (QED) is 0.503. The maximum atomic E-state index is 13.0. The molecule has 4 aliphatic rings. The summed E-state index contributed by atoms with van der Waals surface area (Å²) >= 11 is 0. The predicted molar refractivity (Wildman–Crippen MR) is 135 cm³/mol. The van der Waals surface area contributed by atoms with Crippen molar-refractivity contribution in [2.45, 2.75) is 56.8 Å². The van der Waals surface area contributed by atoms with E-state index in [-0.39, 0.29) is 28.5 Å². The van der Waals surface area contributed by atoms with E-state index in [0.29, 0.717) is 35.7 Å². The molecular formula is C27H33N3O4S. The van der Waals surface area contributed by atoms with E-state index in [1.165, 1.54) is 19.3 Å². The fourth-order valence-corrected chi connectivity index (χ4v) is 7.70. The Kier molecular flexibility index (Phi) is 6.34. The average molecular weight is 496 g/mol. The molecule has 4 saturated carbocycles. The molecule has 0 unspecified atom stereocenters. The Balaban J connectivity index is 1.09. The Morgan fingerprint density at radius 1 is 0.857 bits per heavy atom. The number of hydrogen-bond acceptors (Lipinski definition) is 4. The number of carbonyl (C=O) groups excluding carboxylic acids is 2. The van der Waals surface area contributed by atoms with Gasteiger partial charge in [-0.1, -0.05) is 17.7 Å². The molecular weight excluding hydrogens is 462 g/mol. The first-order valence-electron chi connectivity index (χ1n) is 12.5. The Bertz CT molecular complexity index is 1170. The number of nitrogens with one attached hydrogen (secondary N) is 3. The standard InChI is InChI=1S/C27H33N3O4S/c1-18-2-8-24(9-3-18)35(33,34)30-23-6-4-22(5-7-23)29-25(31)10-11-28-26(32)27-15-19-12-20(16-27)14-21(13-19)17-27/h2-9,19-21,30H,10-17H2,1H3,(H,28,32)(H,29,31). The molecule has 4 bridgehead atoms. The summed E-state index contributed by atoms with van der Waals surface area (Å²) in [6.45, 7) is 2.22. The molecule has 8 heteroatoms. The van der Waals surface area contributed by atoms with E-state index in [1.54, 1.807) is 48.5 Å². The van der Waals surface area contributed by atoms with Crippen LogP contribution in [0.15, 0.2) is 53.4 Å². The highest BCUT2D eigenvalue weighted by molar-refractivity contribution is 7.92. The topological polar surface area (TPSA) is 104 Å². The van der Waals surface area contributed by atoms with Gasteiger partial charge in [-0.25, -0.2) is 8.42 Å². The van der Waals surface area contributed by atoms with Crippen LogP contribution < -0.4 is 15.4 Å². The minimum absolute atomic E-state index is 0.134. The van der Waals surface area contributed by atoms with Gasteiger partial charge >= 0.3 is 0 Å². The fourth-order valence-electron chi connectivity index (χ4n) is 6.64. The smallest absolute Gasteiger partial charge is 0.261 e. The Hall–Kier alpha value is -2.87. The molecule has 2 aromatic carbocycles. The van der Waals surface area contributed by atoms with Gasteiger partial charge in [-0.15, -0.1) is 0 Å². The second-order valence-electron chi connectivity index (χ2n) is 10.7. The highest BCUT2D eigenvalue weighted by Gasteiger charge is 2.54. The number of amides is 2. The molecule has 0 spiro atoms. The van der Waals surface area contributed by atoms with Gasteiger partial charge in [0.05, 0.1) is 4.90 Å². The highest BCUT2D eigenvalue weighted by atomic mass is 32.2. The SMILES string of the molecule is Cc1ccc(S(=O)(=O)Nc2ccc(NC(=O)CCNC(=O)C34CC5CC(CC(C5)C3)C4)cc2)cc1. The molecule has 0 atom stereocenters. The van der Waals surface area contributed by atoms with Crippen LogP contribution in [-0.4, -0.2) is 26.8 Å². The van der Waals surface area contributed by atoms with E-state index in [4.69, 9.17) is 0 Å². The van der Waals surface area contributed by atoms with Crippen molar-refractivity contribution >= 4 is 33.2 Å². The number of anilines is 2. The van der Waals surface area contributed by atoms with Crippen molar-refractivity contribution in [3.05, 3.63) is 54.1 Å². The van der Waals surface area contributed by atoms with Crippen molar-refractivity contribution in [1.82, 2.24) is 5.32 Å². The number of aryl methyl sites for hydroxylation is 1. The highest BCUT2D eigenvalue weighted by Crippen LogP contribution is 2.60. The fraction of sp³-hybridized carbons (Fsp3) is 0.481. The molecule has 4 fully saturated rings. The van der Waals surface area contributed by atoms with Crippen molar-refractivity contribution in [3.63, 3.8) is 0 Å². The van der Waals surface area contributed by atoms with Crippen LogP contribution in [0.5, 0.6) is 0 Å². The number of hydrogen-bond donors (Lipinski definition) is 3. The van der Waals surface area contributed by atoms with Crippen molar-refractivity contribution < 1.29 is 18.0 Å². The number of sulfonamides is 1. The van der Waals surface area contributed by atoms with Crippen molar-refractivity contribution in [3.8, 4) is 0 Å². The summed E-state index contributed by atoms with van der Waals surface area (Å²) < 4.78 is 27.6. The number of benzene rings is 2. The Morgan fingerprint density at radius 3 is 1.97 bits per heavy atom. The summed E-state index contributed by atoms with van der Waals surface area (Å²) in [7, 11) is -3.68. The molecule has 0 aliphatic heterocycles. The average Bonchev–Trinajstić information content (AvgIpc) is 2.79. The summed E-state index contributed by atoms with van der Waals surface area (Å²) in [5, 5.41) is 5.85. The van der Waals surface area contributed by atoms with Gasteiger partial charge in [-0.3, -0.25) is 14.3 Å². The van der Waals surface area contributed by atoms with Gasteiger partial charge in [0.1, 0.15) is 0 Å². The van der Waals surface area contributed by atoms with Gasteiger partial charge in [-0.05, 0) is 99.6 Å². The van der Waals surface area contributed by atoms with Gasteiger partial charge in [-0.2, -0.15) is 0 Å². The van der Waals surface area contributed by atoms with Gasteiger partial charge < -0.3 is 10.6 Å². The summed E-state index contributed by atoms with van der Waals surface area (Å²) in [5.41, 5.74) is 1.76. The van der Waals surface area contributed by atoms with Crippen LogP contribution in [0, 0.1) is 30.1 Å². The maximum Gasteiger partial charge on any atom is 0.261 e. The summed E-state index contributed by atoms with van der Waals surface area (Å²) in [4.78, 5) is 25.6. The van der Waals surface area contributed by atoms with E-state index in [0.717, 1.165) is 24.8 Å². The van der Waals surface area contributed by atoms with Crippen LogP contribution in [0.4, 0.5) is 11.4 Å². The molecule has 35 heavy (non-hydrogen) atoms. The first kappa shape index (κ1) is 23.9. The third-order valence-corrected chi connectivity index (χ3v) is 9.31. The zero-order chi connectivity index (χ0) is 24.6. The molecule has 2 amide bonds. The van der Waals surface area contributed by atoms with Crippen LogP contribution in [0.2, 0.25) is 0 Å². The molecule has 186 valence electrons. The van der Waals surface area contributed by atoms with E-state index in [1.807, 2.05) is 6.92 Å². The van der Waals surface area contributed by atoms with Gasteiger partial charge in [0.25, 0.3) is 10.0 Å². The third kappa shape index (κ3) is 5.22. The third-order valence-electron chi connectivity index (χ3n) is 7.91. The van der Waals surface area contributed by atoms with E-state index >= 15 is 0 Å². The van der Waals surface area contributed by atoms with Crippen molar-refractivity contribution in [1.29, 1.82) is 0 Å². The lowest BCUT2D eigenvalue weighted by Crippen LogP contribution is -2.53. The monoisotopic (exact) mass is 495 g/mol. The molecule has 0 radical (unpaired) electrons. The Morgan fingerprint density at radius 2 is 1.40 bits per heavy atom. The lowest BCUT2D eigenvalue weighted by molar-refractivity contribution is -0.146. The zero-order valence-corrected chi connectivity index (χ0v) is 20.9. The molecule has 4 aliphatic carbocycles. The van der Waals surface area contributed by atoms with E-state index in [9.17, 15) is 18.0 Å². The van der Waals surface area contributed by atoms with Crippen LogP contribution in [-0.2, 0) is 19.6 Å². The molecule has 3 N–H and O–H groups in total. The zero-order valence-electron chi connectivity index (χ0n) is 20.0. The molecule has 6 rings (SSSR count). The van der Waals surface area contributed by atoms with Crippen molar-refractivity contribution in [2.75, 3.05) is 16.6 Å². The van der Waals surface area contributed by atoms with E-state index in [2.05, 4.69) is 15.4 Å². The van der Waals surface area contributed by atoms with E-state index < -0.39 is 10.0 Å².